The Kier molecular flexibility index (Phi) is 7.59. The number of carbonyl (C=O) groups excluding carboxylic acids is 2. The van der Waals surface area contributed by atoms with Gasteiger partial charge in [-0.2, -0.15) is 4.31 Å². The summed E-state index contributed by atoms with van der Waals surface area (Å²) in [5, 5.41) is 2.86. The van der Waals surface area contributed by atoms with Crippen LogP contribution in [-0.2, 0) is 14.8 Å². The molecule has 0 saturated carbocycles. The highest BCUT2D eigenvalue weighted by Crippen LogP contribution is 2.28. The molecular formula is C23H27ClN2O5S. The number of piperidine rings is 1. The molecule has 1 amide bonds. The van der Waals surface area contributed by atoms with E-state index in [4.69, 9.17) is 16.3 Å². The second kappa shape index (κ2) is 10.0. The van der Waals surface area contributed by atoms with Gasteiger partial charge in [0.25, 0.3) is 5.91 Å². The Labute approximate surface area is 193 Å². The van der Waals surface area contributed by atoms with Crippen LogP contribution < -0.4 is 5.32 Å². The first-order valence-corrected chi connectivity index (χ1v) is 12.3. The zero-order valence-electron chi connectivity index (χ0n) is 18.4. The standard InChI is InChI=1S/C23H27ClN2O5S/c1-4-31-23(28)18-6-5-7-21(16(18)3)25-22(27)19-14-17(8-9-20(19)24)32(29,30)26-12-10-15(2)11-13-26/h5-9,14-15H,4,10-13H2,1-3H3,(H,25,27). The quantitative estimate of drug-likeness (QED) is 0.617. The summed E-state index contributed by atoms with van der Waals surface area (Å²) in [7, 11) is -3.73. The van der Waals surface area contributed by atoms with E-state index in [0.717, 1.165) is 12.8 Å². The lowest BCUT2D eigenvalue weighted by atomic mass is 10.0. The highest BCUT2D eigenvalue weighted by atomic mass is 35.5. The van der Waals surface area contributed by atoms with Gasteiger partial charge in [-0.1, -0.05) is 24.6 Å². The third-order valence-electron chi connectivity index (χ3n) is 5.64. The molecular weight excluding hydrogens is 452 g/mol. The number of esters is 1. The van der Waals surface area contributed by atoms with Gasteiger partial charge in [-0.3, -0.25) is 4.79 Å². The number of amides is 1. The van der Waals surface area contributed by atoms with Gasteiger partial charge in [-0.15, -0.1) is 0 Å². The van der Waals surface area contributed by atoms with Crippen LogP contribution in [0.2, 0.25) is 5.02 Å². The van der Waals surface area contributed by atoms with Crippen molar-refractivity contribution in [1.29, 1.82) is 0 Å². The summed E-state index contributed by atoms with van der Waals surface area (Å²) in [6.45, 7) is 6.66. The number of halogens is 1. The molecule has 9 heteroatoms. The normalized spacial score (nSPS) is 15.4. The zero-order valence-corrected chi connectivity index (χ0v) is 19.9. The molecule has 1 saturated heterocycles. The lowest BCUT2D eigenvalue weighted by Gasteiger charge is -2.29. The predicted molar refractivity (Wildman–Crippen MR) is 124 cm³/mol. The maximum atomic E-state index is 13.1. The summed E-state index contributed by atoms with van der Waals surface area (Å²) in [4.78, 5) is 25.1. The number of carbonyl (C=O) groups is 2. The second-order valence-electron chi connectivity index (χ2n) is 7.88. The fourth-order valence-corrected chi connectivity index (χ4v) is 5.30. The molecule has 0 radical (unpaired) electrons. The first-order chi connectivity index (χ1) is 15.1. The molecule has 0 aromatic heterocycles. The summed E-state index contributed by atoms with van der Waals surface area (Å²) in [5.41, 5.74) is 1.34. The van der Waals surface area contributed by atoms with Crippen LogP contribution in [0.25, 0.3) is 0 Å². The Morgan fingerprint density at radius 1 is 1.16 bits per heavy atom. The average molecular weight is 479 g/mol. The van der Waals surface area contributed by atoms with E-state index in [9.17, 15) is 18.0 Å². The van der Waals surface area contributed by atoms with E-state index >= 15 is 0 Å². The minimum absolute atomic E-state index is 0.0265. The second-order valence-corrected chi connectivity index (χ2v) is 10.2. The molecule has 2 aromatic rings. The van der Waals surface area contributed by atoms with Crippen LogP contribution in [0.3, 0.4) is 0 Å². The Balaban J connectivity index is 1.87. The highest BCUT2D eigenvalue weighted by Gasteiger charge is 2.29. The van der Waals surface area contributed by atoms with Crippen molar-refractivity contribution in [2.24, 2.45) is 5.92 Å². The molecule has 0 unspecified atom stereocenters. The van der Waals surface area contributed by atoms with E-state index in [1.807, 2.05) is 0 Å². The van der Waals surface area contributed by atoms with Crippen LogP contribution in [0.15, 0.2) is 41.3 Å². The van der Waals surface area contributed by atoms with Gasteiger partial charge < -0.3 is 10.1 Å². The van der Waals surface area contributed by atoms with Gasteiger partial charge in [0.15, 0.2) is 0 Å². The van der Waals surface area contributed by atoms with Gasteiger partial charge in [-0.05, 0) is 68.5 Å². The molecule has 0 atom stereocenters. The molecule has 3 rings (SSSR count). The molecule has 1 aliphatic heterocycles. The molecule has 1 heterocycles. The minimum atomic E-state index is -3.73. The van der Waals surface area contributed by atoms with Crippen LogP contribution in [0, 0.1) is 12.8 Å². The van der Waals surface area contributed by atoms with Crippen molar-refractivity contribution >= 4 is 39.2 Å². The average Bonchev–Trinajstić information content (AvgIpc) is 2.75. The lowest BCUT2D eigenvalue weighted by molar-refractivity contribution is 0.0525. The minimum Gasteiger partial charge on any atom is -0.462 e. The number of ether oxygens (including phenoxy) is 1. The van der Waals surface area contributed by atoms with E-state index in [1.54, 1.807) is 32.0 Å². The Bertz CT molecular complexity index is 1130. The smallest absolute Gasteiger partial charge is 0.338 e. The van der Waals surface area contributed by atoms with Gasteiger partial charge in [-0.25, -0.2) is 13.2 Å². The van der Waals surface area contributed by atoms with E-state index in [-0.39, 0.29) is 22.1 Å². The van der Waals surface area contributed by atoms with E-state index in [1.165, 1.54) is 22.5 Å². The van der Waals surface area contributed by atoms with Crippen LogP contribution in [0.1, 0.15) is 53.0 Å². The van der Waals surface area contributed by atoms with Crippen molar-refractivity contribution in [1.82, 2.24) is 4.31 Å². The van der Waals surface area contributed by atoms with Crippen molar-refractivity contribution in [2.75, 3.05) is 25.0 Å². The molecule has 1 aliphatic rings. The van der Waals surface area contributed by atoms with Gasteiger partial charge in [0.05, 0.1) is 27.7 Å². The summed E-state index contributed by atoms with van der Waals surface area (Å²) < 4.78 is 32.6. The van der Waals surface area contributed by atoms with Gasteiger partial charge in [0.2, 0.25) is 10.0 Å². The lowest BCUT2D eigenvalue weighted by Crippen LogP contribution is -2.37. The number of nitrogens with zero attached hydrogens (tertiary/aromatic N) is 1. The number of anilines is 1. The SMILES string of the molecule is CCOC(=O)c1cccc(NC(=O)c2cc(S(=O)(=O)N3CCC(C)CC3)ccc2Cl)c1C. The van der Waals surface area contributed by atoms with Gasteiger partial charge in [0.1, 0.15) is 0 Å². The summed E-state index contributed by atoms with van der Waals surface area (Å²) in [6.07, 6.45) is 1.60. The molecule has 0 aliphatic carbocycles. The summed E-state index contributed by atoms with van der Waals surface area (Å²) in [6, 6.07) is 9.03. The number of sulfonamides is 1. The van der Waals surface area contributed by atoms with Gasteiger partial charge >= 0.3 is 5.97 Å². The summed E-state index contributed by atoms with van der Waals surface area (Å²) >= 11 is 6.23. The third kappa shape index (κ3) is 5.14. The number of hydrogen-bond donors (Lipinski definition) is 1. The summed E-state index contributed by atoms with van der Waals surface area (Å²) in [5.74, 6) is -0.562. The van der Waals surface area contributed by atoms with Crippen LogP contribution >= 0.6 is 11.6 Å². The fraction of sp³-hybridized carbons (Fsp3) is 0.391. The van der Waals surface area contributed by atoms with Crippen molar-refractivity contribution < 1.29 is 22.7 Å². The maximum Gasteiger partial charge on any atom is 0.338 e. The number of nitrogens with one attached hydrogen (secondary N) is 1. The van der Waals surface area contributed by atoms with E-state index < -0.39 is 21.9 Å². The molecule has 0 spiro atoms. The zero-order chi connectivity index (χ0) is 23.5. The number of hydrogen-bond acceptors (Lipinski definition) is 5. The monoisotopic (exact) mass is 478 g/mol. The van der Waals surface area contributed by atoms with Crippen molar-refractivity contribution in [2.45, 2.75) is 38.5 Å². The van der Waals surface area contributed by atoms with E-state index in [0.29, 0.717) is 35.8 Å². The first-order valence-electron chi connectivity index (χ1n) is 10.5. The highest BCUT2D eigenvalue weighted by molar-refractivity contribution is 7.89. The van der Waals surface area contributed by atoms with Crippen molar-refractivity contribution in [3.63, 3.8) is 0 Å². The Morgan fingerprint density at radius 3 is 2.50 bits per heavy atom. The number of benzene rings is 2. The molecule has 1 fully saturated rings. The predicted octanol–water partition coefficient (Wildman–Crippen LogP) is 4.50. The topological polar surface area (TPSA) is 92.8 Å². The van der Waals surface area contributed by atoms with E-state index in [2.05, 4.69) is 12.2 Å². The van der Waals surface area contributed by atoms with Crippen LogP contribution in [-0.4, -0.2) is 44.3 Å². The molecule has 7 nitrogen and oxygen atoms in total. The molecule has 1 N–H and O–H groups in total. The first kappa shape index (κ1) is 24.2. The molecule has 32 heavy (non-hydrogen) atoms. The molecule has 172 valence electrons. The Morgan fingerprint density at radius 2 is 1.84 bits per heavy atom. The fourth-order valence-electron chi connectivity index (χ4n) is 3.60. The largest absolute Gasteiger partial charge is 0.462 e. The van der Waals surface area contributed by atoms with Crippen molar-refractivity contribution in [3.05, 3.63) is 58.1 Å². The molecule has 0 bridgehead atoms. The number of rotatable bonds is 6. The van der Waals surface area contributed by atoms with Crippen LogP contribution in [0.4, 0.5) is 5.69 Å². The van der Waals surface area contributed by atoms with Gasteiger partial charge in [0, 0.05) is 18.8 Å². The maximum absolute atomic E-state index is 13.1. The van der Waals surface area contributed by atoms with Crippen molar-refractivity contribution in [3.8, 4) is 0 Å². The third-order valence-corrected chi connectivity index (χ3v) is 7.86. The van der Waals surface area contributed by atoms with Crippen LogP contribution in [0.5, 0.6) is 0 Å². The molecule has 2 aromatic carbocycles. The Hall–Kier alpha value is -2.42.